The second-order valence-corrected chi connectivity index (χ2v) is 6.75. The number of benzene rings is 1. The topological polar surface area (TPSA) is 94.9 Å². The van der Waals surface area contributed by atoms with E-state index < -0.39 is 21.5 Å². The van der Waals surface area contributed by atoms with Crippen LogP contribution in [0.25, 0.3) is 0 Å². The van der Waals surface area contributed by atoms with Crippen molar-refractivity contribution in [1.29, 1.82) is 0 Å². The number of aromatic carboxylic acids is 1. The molecule has 1 rings (SSSR count). The van der Waals surface area contributed by atoms with E-state index in [9.17, 15) is 18.3 Å². The number of sulfonamides is 1. The lowest BCUT2D eigenvalue weighted by Gasteiger charge is -2.32. The predicted molar refractivity (Wildman–Crippen MR) is 69.5 cm³/mol. The number of nitrogens with zero attached hydrogens (tertiary/aromatic N) is 1. The lowest BCUT2D eigenvalue weighted by Crippen LogP contribution is -2.47. The van der Waals surface area contributed by atoms with Crippen LogP contribution in [0.2, 0.25) is 0 Å². The van der Waals surface area contributed by atoms with E-state index in [1.54, 1.807) is 13.8 Å². The summed E-state index contributed by atoms with van der Waals surface area (Å²) in [4.78, 5) is 10.7. The van der Waals surface area contributed by atoms with Gasteiger partial charge in [0.1, 0.15) is 0 Å². The van der Waals surface area contributed by atoms with Crippen LogP contribution in [0.15, 0.2) is 29.2 Å². The van der Waals surface area contributed by atoms with Crippen molar-refractivity contribution in [1.82, 2.24) is 4.31 Å². The Morgan fingerprint density at radius 1 is 1.37 bits per heavy atom. The summed E-state index contributed by atoms with van der Waals surface area (Å²) in [6, 6.07) is 5.11. The highest BCUT2D eigenvalue weighted by Crippen LogP contribution is 2.23. The summed E-state index contributed by atoms with van der Waals surface area (Å²) in [5.74, 6) is -1.19. The highest BCUT2D eigenvalue weighted by atomic mass is 32.2. The highest BCUT2D eigenvalue weighted by Gasteiger charge is 2.33. The van der Waals surface area contributed by atoms with Gasteiger partial charge in [0.15, 0.2) is 0 Å². The van der Waals surface area contributed by atoms with Crippen LogP contribution in [0.3, 0.4) is 0 Å². The first kappa shape index (κ1) is 15.6. The molecule has 0 saturated carbocycles. The van der Waals surface area contributed by atoms with E-state index in [2.05, 4.69) is 0 Å². The van der Waals surface area contributed by atoms with Gasteiger partial charge in [-0.25, -0.2) is 13.2 Å². The van der Waals surface area contributed by atoms with Gasteiger partial charge >= 0.3 is 5.97 Å². The average molecular weight is 287 g/mol. The molecule has 106 valence electrons. The van der Waals surface area contributed by atoms with E-state index in [4.69, 9.17) is 5.11 Å². The van der Waals surface area contributed by atoms with Gasteiger partial charge in [-0.1, -0.05) is 6.07 Å². The van der Waals surface area contributed by atoms with Gasteiger partial charge in [0, 0.05) is 7.05 Å². The zero-order valence-corrected chi connectivity index (χ0v) is 11.8. The van der Waals surface area contributed by atoms with E-state index in [-0.39, 0.29) is 17.1 Å². The molecule has 0 spiro atoms. The van der Waals surface area contributed by atoms with Crippen LogP contribution in [0, 0.1) is 0 Å². The molecule has 7 heteroatoms. The van der Waals surface area contributed by atoms with Crippen molar-refractivity contribution in [2.24, 2.45) is 0 Å². The molecule has 0 aliphatic rings. The molecular weight excluding hydrogens is 270 g/mol. The van der Waals surface area contributed by atoms with E-state index in [1.165, 1.54) is 25.2 Å². The Kier molecular flexibility index (Phi) is 4.34. The normalized spacial score (nSPS) is 12.7. The van der Waals surface area contributed by atoms with E-state index >= 15 is 0 Å². The number of likely N-dealkylation sites (N-methyl/N-ethyl adjacent to an activating group) is 1. The second kappa shape index (κ2) is 5.28. The first-order chi connectivity index (χ1) is 8.63. The maximum Gasteiger partial charge on any atom is 0.335 e. The van der Waals surface area contributed by atoms with Gasteiger partial charge in [-0.05, 0) is 32.0 Å². The Hall–Kier alpha value is -1.44. The van der Waals surface area contributed by atoms with E-state index in [0.717, 1.165) is 10.4 Å². The summed E-state index contributed by atoms with van der Waals surface area (Å²) in [7, 11) is -2.51. The Labute approximate surface area is 112 Å². The molecule has 0 amide bonds. The maximum absolute atomic E-state index is 12.3. The molecule has 1 aromatic carbocycles. The fraction of sp³-hybridized carbons (Fsp3) is 0.417. The third-order valence-electron chi connectivity index (χ3n) is 2.98. The summed E-state index contributed by atoms with van der Waals surface area (Å²) in [6.07, 6.45) is 0. The minimum absolute atomic E-state index is 0.101. The van der Waals surface area contributed by atoms with Gasteiger partial charge in [0.25, 0.3) is 0 Å². The number of hydrogen-bond donors (Lipinski definition) is 2. The third kappa shape index (κ3) is 3.12. The van der Waals surface area contributed by atoms with Crippen molar-refractivity contribution in [3.05, 3.63) is 29.8 Å². The lowest BCUT2D eigenvalue weighted by molar-refractivity contribution is 0.0696. The predicted octanol–water partition coefficient (Wildman–Crippen LogP) is 0.776. The molecule has 0 radical (unpaired) electrons. The van der Waals surface area contributed by atoms with Crippen LogP contribution in [0.4, 0.5) is 0 Å². The molecule has 0 aliphatic carbocycles. The van der Waals surface area contributed by atoms with Crippen molar-refractivity contribution in [2.75, 3.05) is 13.7 Å². The second-order valence-electron chi connectivity index (χ2n) is 4.78. The summed E-state index contributed by atoms with van der Waals surface area (Å²) in [5, 5.41) is 18.1. The fourth-order valence-electron chi connectivity index (χ4n) is 1.37. The van der Waals surface area contributed by atoms with Gasteiger partial charge < -0.3 is 10.2 Å². The molecule has 1 aromatic rings. The summed E-state index contributed by atoms with van der Waals surface area (Å²) in [6.45, 7) is 2.80. The standard InChI is InChI=1S/C12H17NO5S/c1-12(2,8-14)13(3)19(17,18)10-6-4-5-9(7-10)11(15)16/h4-7,14H,8H2,1-3H3,(H,15,16). The fourth-order valence-corrected chi connectivity index (χ4v) is 2.92. The minimum atomic E-state index is -3.85. The van der Waals surface area contributed by atoms with Crippen molar-refractivity contribution in [2.45, 2.75) is 24.3 Å². The van der Waals surface area contributed by atoms with Crippen molar-refractivity contribution in [3.8, 4) is 0 Å². The van der Waals surface area contributed by atoms with Gasteiger partial charge in [0.05, 0.1) is 22.6 Å². The molecule has 0 unspecified atom stereocenters. The highest BCUT2D eigenvalue weighted by molar-refractivity contribution is 7.89. The zero-order valence-electron chi connectivity index (χ0n) is 11.0. The van der Waals surface area contributed by atoms with Crippen molar-refractivity contribution < 1.29 is 23.4 Å². The maximum atomic E-state index is 12.3. The monoisotopic (exact) mass is 287 g/mol. The lowest BCUT2D eigenvalue weighted by atomic mass is 10.1. The average Bonchev–Trinajstić information content (AvgIpc) is 2.37. The molecule has 2 N–H and O–H groups in total. The van der Waals surface area contributed by atoms with Crippen LogP contribution in [0.5, 0.6) is 0 Å². The van der Waals surface area contributed by atoms with Crippen LogP contribution in [-0.2, 0) is 10.0 Å². The molecule has 0 heterocycles. The Morgan fingerprint density at radius 3 is 2.42 bits per heavy atom. The zero-order chi connectivity index (χ0) is 14.8. The SMILES string of the molecule is CN(C(C)(C)CO)S(=O)(=O)c1cccc(C(=O)O)c1. The number of rotatable bonds is 5. The number of aliphatic hydroxyl groups excluding tert-OH is 1. The van der Waals surface area contributed by atoms with Crippen molar-refractivity contribution in [3.63, 3.8) is 0 Å². The molecule has 0 saturated heterocycles. The van der Waals surface area contributed by atoms with Gasteiger partial charge in [-0.3, -0.25) is 0 Å². The number of carboxylic acids is 1. The number of carboxylic acid groups (broad SMARTS) is 1. The van der Waals surface area contributed by atoms with Gasteiger partial charge in [-0.2, -0.15) is 4.31 Å². The molecule has 0 bridgehead atoms. The first-order valence-corrected chi connectivity index (χ1v) is 7.00. The third-order valence-corrected chi connectivity index (χ3v) is 5.04. The molecule has 0 aliphatic heterocycles. The Balaban J connectivity index is 3.28. The van der Waals surface area contributed by atoms with Crippen LogP contribution >= 0.6 is 0 Å². The van der Waals surface area contributed by atoms with E-state index in [0.29, 0.717) is 0 Å². The van der Waals surface area contributed by atoms with Crippen LogP contribution in [0.1, 0.15) is 24.2 Å². The first-order valence-electron chi connectivity index (χ1n) is 5.56. The summed E-state index contributed by atoms with van der Waals surface area (Å²) < 4.78 is 25.7. The van der Waals surface area contributed by atoms with Gasteiger partial charge in [-0.15, -0.1) is 0 Å². The number of carbonyl (C=O) groups is 1. The number of aliphatic hydroxyl groups is 1. The largest absolute Gasteiger partial charge is 0.478 e. The summed E-state index contributed by atoms with van der Waals surface area (Å²) >= 11 is 0. The molecule has 19 heavy (non-hydrogen) atoms. The minimum Gasteiger partial charge on any atom is -0.478 e. The number of hydrogen-bond acceptors (Lipinski definition) is 4. The molecule has 6 nitrogen and oxygen atoms in total. The molecule has 0 fully saturated rings. The molecular formula is C12H17NO5S. The quantitative estimate of drug-likeness (QED) is 0.834. The van der Waals surface area contributed by atoms with Gasteiger partial charge in [0.2, 0.25) is 10.0 Å². The molecule has 0 atom stereocenters. The van der Waals surface area contributed by atoms with Crippen LogP contribution in [-0.4, -0.2) is 48.1 Å². The smallest absolute Gasteiger partial charge is 0.335 e. The van der Waals surface area contributed by atoms with E-state index in [1.807, 2.05) is 0 Å². The Morgan fingerprint density at radius 2 is 1.95 bits per heavy atom. The summed E-state index contributed by atoms with van der Waals surface area (Å²) in [5.41, 5.74) is -1.07. The Bertz CT molecular complexity index is 580. The van der Waals surface area contributed by atoms with Crippen LogP contribution < -0.4 is 0 Å². The van der Waals surface area contributed by atoms with Crippen molar-refractivity contribution >= 4 is 16.0 Å². The molecule has 0 aromatic heterocycles.